The molecule has 1 aromatic carbocycles. The number of nitrogens with zero attached hydrogens (tertiary/aromatic N) is 1. The highest BCUT2D eigenvalue weighted by atomic mass is 35.5. The van der Waals surface area contributed by atoms with E-state index in [0.29, 0.717) is 13.1 Å². The highest BCUT2D eigenvalue weighted by Gasteiger charge is 2.51. The Hall–Kier alpha value is -1.20. The van der Waals surface area contributed by atoms with E-state index in [4.69, 9.17) is 0 Å². The SMILES string of the molecule is Cl.O=C(c1cccc(F)c1F)N1CCNCC12CC2. The van der Waals surface area contributed by atoms with Crippen molar-refractivity contribution < 1.29 is 13.6 Å². The van der Waals surface area contributed by atoms with Crippen molar-refractivity contribution in [1.82, 2.24) is 10.2 Å². The third-order valence-electron chi connectivity index (χ3n) is 3.79. The summed E-state index contributed by atoms with van der Waals surface area (Å²) in [6.45, 7) is 1.99. The molecule has 19 heavy (non-hydrogen) atoms. The first-order valence-electron chi connectivity index (χ1n) is 6.11. The zero-order valence-corrected chi connectivity index (χ0v) is 11.1. The number of nitrogens with one attached hydrogen (secondary N) is 1. The third-order valence-corrected chi connectivity index (χ3v) is 3.79. The van der Waals surface area contributed by atoms with Crippen molar-refractivity contribution in [3.05, 3.63) is 35.4 Å². The molecule has 1 aliphatic carbocycles. The number of carbonyl (C=O) groups excluding carboxylic acids is 1. The van der Waals surface area contributed by atoms with E-state index in [1.54, 1.807) is 4.90 Å². The number of hydrogen-bond acceptors (Lipinski definition) is 2. The van der Waals surface area contributed by atoms with E-state index in [1.807, 2.05) is 0 Å². The van der Waals surface area contributed by atoms with E-state index in [1.165, 1.54) is 12.1 Å². The Morgan fingerprint density at radius 1 is 1.32 bits per heavy atom. The lowest BCUT2D eigenvalue weighted by Gasteiger charge is -2.36. The van der Waals surface area contributed by atoms with Gasteiger partial charge in [-0.05, 0) is 25.0 Å². The molecular formula is C13H15ClF2N2O. The summed E-state index contributed by atoms with van der Waals surface area (Å²) in [5.74, 6) is -2.41. The molecule has 1 heterocycles. The second kappa shape index (κ2) is 5.06. The summed E-state index contributed by atoms with van der Waals surface area (Å²) in [4.78, 5) is 14.0. The van der Waals surface area contributed by atoms with Gasteiger partial charge in [0, 0.05) is 19.6 Å². The van der Waals surface area contributed by atoms with Crippen LogP contribution in [0.1, 0.15) is 23.2 Å². The minimum absolute atomic E-state index is 0. The van der Waals surface area contributed by atoms with Gasteiger partial charge in [0.15, 0.2) is 11.6 Å². The van der Waals surface area contributed by atoms with Crippen molar-refractivity contribution in [3.63, 3.8) is 0 Å². The fourth-order valence-corrected chi connectivity index (χ4v) is 2.57. The molecule has 1 saturated carbocycles. The molecule has 0 unspecified atom stereocenters. The average Bonchev–Trinajstić information content (AvgIpc) is 3.13. The molecule has 0 atom stereocenters. The molecule has 2 aliphatic rings. The maximum atomic E-state index is 13.6. The molecule has 0 radical (unpaired) electrons. The van der Waals surface area contributed by atoms with E-state index < -0.39 is 17.5 Å². The van der Waals surface area contributed by atoms with Gasteiger partial charge in [-0.25, -0.2) is 8.78 Å². The molecule has 1 saturated heterocycles. The first-order chi connectivity index (χ1) is 8.64. The summed E-state index contributed by atoms with van der Waals surface area (Å²) >= 11 is 0. The number of halogens is 3. The molecule has 1 N–H and O–H groups in total. The summed E-state index contributed by atoms with van der Waals surface area (Å²) in [7, 11) is 0. The van der Waals surface area contributed by atoms with Crippen molar-refractivity contribution in [1.29, 1.82) is 0 Å². The van der Waals surface area contributed by atoms with Crippen molar-refractivity contribution in [2.75, 3.05) is 19.6 Å². The first kappa shape index (κ1) is 14.2. The van der Waals surface area contributed by atoms with E-state index in [-0.39, 0.29) is 23.5 Å². The Labute approximate surface area is 116 Å². The summed E-state index contributed by atoms with van der Waals surface area (Å²) < 4.78 is 26.8. The van der Waals surface area contributed by atoms with Gasteiger partial charge in [0.1, 0.15) is 0 Å². The van der Waals surface area contributed by atoms with Crippen molar-refractivity contribution in [2.24, 2.45) is 0 Å². The van der Waals surface area contributed by atoms with Crippen LogP contribution in [0.5, 0.6) is 0 Å². The summed E-state index contributed by atoms with van der Waals surface area (Å²) in [5, 5.41) is 3.24. The number of benzene rings is 1. The molecule has 3 nitrogen and oxygen atoms in total. The second-order valence-electron chi connectivity index (χ2n) is 4.96. The summed E-state index contributed by atoms with van der Waals surface area (Å²) in [5.41, 5.74) is -0.322. The van der Waals surface area contributed by atoms with Crippen LogP contribution in [0.2, 0.25) is 0 Å². The molecule has 3 rings (SSSR count). The highest BCUT2D eigenvalue weighted by molar-refractivity contribution is 5.95. The predicted octanol–water partition coefficient (Wildman–Crippen LogP) is 1.96. The maximum Gasteiger partial charge on any atom is 0.257 e. The molecule has 1 spiro atoms. The third kappa shape index (κ3) is 2.32. The van der Waals surface area contributed by atoms with Gasteiger partial charge in [-0.2, -0.15) is 0 Å². The Morgan fingerprint density at radius 2 is 2.05 bits per heavy atom. The molecule has 1 amide bonds. The molecule has 2 fully saturated rings. The maximum absolute atomic E-state index is 13.6. The molecule has 1 aromatic rings. The van der Waals surface area contributed by atoms with Gasteiger partial charge >= 0.3 is 0 Å². The molecule has 6 heteroatoms. The lowest BCUT2D eigenvalue weighted by Crippen LogP contribution is -2.55. The van der Waals surface area contributed by atoms with Gasteiger partial charge < -0.3 is 10.2 Å². The van der Waals surface area contributed by atoms with E-state index in [2.05, 4.69) is 5.32 Å². The minimum atomic E-state index is -1.04. The highest BCUT2D eigenvalue weighted by Crippen LogP contribution is 2.43. The van der Waals surface area contributed by atoms with Crippen molar-refractivity contribution >= 4 is 18.3 Å². The van der Waals surface area contributed by atoms with Gasteiger partial charge in [-0.1, -0.05) is 6.07 Å². The van der Waals surface area contributed by atoms with Crippen molar-refractivity contribution in [3.8, 4) is 0 Å². The largest absolute Gasteiger partial charge is 0.330 e. The molecule has 1 aliphatic heterocycles. The van der Waals surface area contributed by atoms with Crippen LogP contribution in [0, 0.1) is 11.6 Å². The van der Waals surface area contributed by atoms with Crippen molar-refractivity contribution in [2.45, 2.75) is 18.4 Å². The molecule has 0 aromatic heterocycles. The van der Waals surface area contributed by atoms with E-state index in [9.17, 15) is 13.6 Å². The van der Waals surface area contributed by atoms with Gasteiger partial charge in [-0.3, -0.25) is 4.79 Å². The first-order valence-corrected chi connectivity index (χ1v) is 6.11. The quantitative estimate of drug-likeness (QED) is 0.857. The Morgan fingerprint density at radius 3 is 2.74 bits per heavy atom. The van der Waals surface area contributed by atoms with Crippen LogP contribution in [0.3, 0.4) is 0 Å². The average molecular weight is 289 g/mol. The molecular weight excluding hydrogens is 274 g/mol. The fraction of sp³-hybridized carbons (Fsp3) is 0.462. The number of carbonyl (C=O) groups is 1. The lowest BCUT2D eigenvalue weighted by atomic mass is 10.1. The van der Waals surface area contributed by atoms with Gasteiger partial charge in [0.05, 0.1) is 11.1 Å². The number of rotatable bonds is 1. The van der Waals surface area contributed by atoms with Gasteiger partial charge in [0.25, 0.3) is 5.91 Å². The zero-order valence-electron chi connectivity index (χ0n) is 10.3. The summed E-state index contributed by atoms with van der Waals surface area (Å²) in [6, 6.07) is 3.74. The van der Waals surface area contributed by atoms with Crippen LogP contribution >= 0.6 is 12.4 Å². The van der Waals surface area contributed by atoms with E-state index >= 15 is 0 Å². The smallest absolute Gasteiger partial charge is 0.257 e. The van der Waals surface area contributed by atoms with Crippen LogP contribution in [0.4, 0.5) is 8.78 Å². The van der Waals surface area contributed by atoms with Crippen LogP contribution in [-0.4, -0.2) is 36.0 Å². The minimum Gasteiger partial charge on any atom is -0.330 e. The van der Waals surface area contributed by atoms with Crippen LogP contribution < -0.4 is 5.32 Å². The van der Waals surface area contributed by atoms with Crippen LogP contribution in [0.25, 0.3) is 0 Å². The summed E-state index contributed by atoms with van der Waals surface area (Å²) in [6.07, 6.45) is 1.87. The number of piperazine rings is 1. The number of amides is 1. The van der Waals surface area contributed by atoms with Gasteiger partial charge in [0.2, 0.25) is 0 Å². The normalized spacial score (nSPS) is 20.0. The van der Waals surface area contributed by atoms with Crippen LogP contribution in [0.15, 0.2) is 18.2 Å². The fourth-order valence-electron chi connectivity index (χ4n) is 2.57. The number of hydrogen-bond donors (Lipinski definition) is 1. The predicted molar refractivity (Wildman–Crippen MR) is 69.5 cm³/mol. The molecule has 104 valence electrons. The Bertz CT molecular complexity index is 505. The monoisotopic (exact) mass is 288 g/mol. The lowest BCUT2D eigenvalue weighted by molar-refractivity contribution is 0.0594. The van der Waals surface area contributed by atoms with Gasteiger partial charge in [-0.15, -0.1) is 12.4 Å². The Balaban J connectivity index is 0.00000133. The zero-order chi connectivity index (χ0) is 12.8. The molecule has 0 bridgehead atoms. The van der Waals surface area contributed by atoms with Crippen LogP contribution in [-0.2, 0) is 0 Å². The topological polar surface area (TPSA) is 32.3 Å². The Kier molecular flexibility index (Phi) is 3.78. The standard InChI is InChI=1S/C13H14F2N2O.ClH/c14-10-3-1-2-9(11(10)15)12(18)17-7-6-16-8-13(17)4-5-13;/h1-3,16H,4-8H2;1H. The second-order valence-corrected chi connectivity index (χ2v) is 4.96. The van der Waals surface area contributed by atoms with E-state index in [0.717, 1.165) is 25.5 Å².